The van der Waals surface area contributed by atoms with Gasteiger partial charge in [-0.15, -0.1) is 11.3 Å². The average molecular weight is 578 g/mol. The summed E-state index contributed by atoms with van der Waals surface area (Å²) in [4.78, 5) is 46.7. The maximum atomic E-state index is 13.4. The molecule has 1 aliphatic carbocycles. The summed E-state index contributed by atoms with van der Waals surface area (Å²) in [5.41, 5.74) is 3.99. The fourth-order valence-corrected chi connectivity index (χ4v) is 7.08. The summed E-state index contributed by atoms with van der Waals surface area (Å²) in [5, 5.41) is 8.22. The molecule has 1 unspecified atom stereocenters. The molecule has 1 aliphatic heterocycles. The van der Waals surface area contributed by atoms with Gasteiger partial charge in [-0.3, -0.25) is 19.2 Å². The molecule has 0 saturated carbocycles. The van der Waals surface area contributed by atoms with Crippen LogP contribution in [0.1, 0.15) is 52.3 Å². The van der Waals surface area contributed by atoms with Crippen LogP contribution in [0, 0.1) is 12.8 Å². The van der Waals surface area contributed by atoms with E-state index >= 15 is 0 Å². The molecule has 1 aromatic carbocycles. The Bertz CT molecular complexity index is 1520. The van der Waals surface area contributed by atoms with Gasteiger partial charge in [-0.2, -0.15) is 5.10 Å². The minimum absolute atomic E-state index is 0.00980. The molecule has 0 spiro atoms. The lowest BCUT2D eigenvalue weighted by Crippen LogP contribution is -2.31. The number of nitrogens with one attached hydrogen (secondary N) is 1. The number of amides is 2. The fraction of sp³-hybridized carbons (Fsp3) is 0.345. The number of para-hydroxylation sites is 1. The first kappa shape index (κ1) is 27.9. The molecule has 2 aliphatic rings. The Kier molecular flexibility index (Phi) is 8.22. The van der Waals surface area contributed by atoms with Gasteiger partial charge in [0.1, 0.15) is 10.7 Å². The summed E-state index contributed by atoms with van der Waals surface area (Å²) >= 11 is 2.63. The third-order valence-electron chi connectivity index (χ3n) is 6.76. The summed E-state index contributed by atoms with van der Waals surface area (Å²) in [5.74, 6) is -0.428. The van der Waals surface area contributed by atoms with Crippen LogP contribution in [0.5, 0.6) is 0 Å². The van der Waals surface area contributed by atoms with E-state index in [1.165, 1.54) is 28.0 Å². The first-order chi connectivity index (χ1) is 19.2. The fourth-order valence-electron chi connectivity index (χ4n) is 4.86. The number of esters is 1. The van der Waals surface area contributed by atoms with Crippen molar-refractivity contribution in [2.45, 2.75) is 40.0 Å². The van der Waals surface area contributed by atoms with Crippen LogP contribution < -0.4 is 10.2 Å². The number of benzene rings is 1. The lowest BCUT2D eigenvalue weighted by atomic mass is 9.88. The zero-order valence-corrected chi connectivity index (χ0v) is 24.5. The molecular weight excluding hydrogens is 546 g/mol. The van der Waals surface area contributed by atoms with Crippen molar-refractivity contribution >= 4 is 62.8 Å². The van der Waals surface area contributed by atoms with Crippen LogP contribution in [0.15, 0.2) is 47.2 Å². The maximum Gasteiger partial charge on any atom is 0.341 e. The lowest BCUT2D eigenvalue weighted by Gasteiger charge is -2.18. The Morgan fingerprint density at radius 2 is 2.05 bits per heavy atom. The average Bonchev–Trinajstić information content (AvgIpc) is 3.54. The van der Waals surface area contributed by atoms with Crippen molar-refractivity contribution in [1.29, 1.82) is 0 Å². The first-order valence-electron chi connectivity index (χ1n) is 13.2. The number of hydrogen-bond donors (Lipinski definition) is 1. The van der Waals surface area contributed by atoms with Crippen LogP contribution in [0.3, 0.4) is 0 Å². The van der Waals surface area contributed by atoms with Gasteiger partial charge in [-0.1, -0.05) is 36.9 Å². The number of aryl methyl sites for hydroxylation is 2. The van der Waals surface area contributed by atoms with Crippen molar-refractivity contribution in [2.75, 3.05) is 22.6 Å². The molecule has 9 nitrogen and oxygen atoms in total. The number of anilines is 2. The number of fused-ring (bicyclic) bond motifs is 1. The van der Waals surface area contributed by atoms with Crippen molar-refractivity contribution in [1.82, 2.24) is 9.78 Å². The standard InChI is InChI=1S/C29H31N5O4S2/c1-5-38-28(37)25-21-12-11-17(2)13-23(21)40-26(25)31-24(35)16-39-29-30-22(14-19-15-33(4)32-18(19)3)27(36)34(29)20-9-7-6-8-10-20/h6-10,14-15,17H,5,11-13,16H2,1-4H3,(H,31,35). The minimum atomic E-state index is -0.404. The van der Waals surface area contributed by atoms with E-state index in [2.05, 4.69) is 22.3 Å². The summed E-state index contributed by atoms with van der Waals surface area (Å²) in [6.07, 6.45) is 6.23. The van der Waals surface area contributed by atoms with Gasteiger partial charge in [-0.25, -0.2) is 9.79 Å². The van der Waals surface area contributed by atoms with Crippen LogP contribution in [0.25, 0.3) is 6.08 Å². The lowest BCUT2D eigenvalue weighted by molar-refractivity contribution is -0.114. The molecule has 208 valence electrons. The molecule has 11 heteroatoms. The van der Waals surface area contributed by atoms with Crippen LogP contribution in [0.4, 0.5) is 10.7 Å². The normalized spacial score (nSPS) is 17.6. The van der Waals surface area contributed by atoms with E-state index in [1.54, 1.807) is 17.7 Å². The van der Waals surface area contributed by atoms with Gasteiger partial charge in [0.15, 0.2) is 5.17 Å². The number of thioether (sulfide) groups is 1. The Morgan fingerprint density at radius 3 is 2.75 bits per heavy atom. The molecule has 0 bridgehead atoms. The van der Waals surface area contributed by atoms with Crippen molar-refractivity contribution in [2.24, 2.45) is 18.0 Å². The molecule has 0 radical (unpaired) electrons. The van der Waals surface area contributed by atoms with Crippen molar-refractivity contribution in [3.05, 3.63) is 69.5 Å². The monoisotopic (exact) mass is 577 g/mol. The van der Waals surface area contributed by atoms with Crippen molar-refractivity contribution in [3.8, 4) is 0 Å². The molecule has 40 heavy (non-hydrogen) atoms. The van der Waals surface area contributed by atoms with Gasteiger partial charge in [0, 0.05) is 23.7 Å². The van der Waals surface area contributed by atoms with Gasteiger partial charge in [0.25, 0.3) is 5.91 Å². The van der Waals surface area contributed by atoms with E-state index in [0.29, 0.717) is 27.3 Å². The van der Waals surface area contributed by atoms with Gasteiger partial charge < -0.3 is 10.1 Å². The second-order valence-corrected chi connectivity index (χ2v) is 11.9. The molecular formula is C29H31N5O4S2. The number of amidine groups is 1. The summed E-state index contributed by atoms with van der Waals surface area (Å²) < 4.78 is 7.01. The molecule has 5 rings (SSSR count). The molecule has 1 N–H and O–H groups in total. The molecule has 0 fully saturated rings. The number of nitrogens with zero attached hydrogens (tertiary/aromatic N) is 4. The van der Waals surface area contributed by atoms with Crippen molar-refractivity contribution < 1.29 is 19.1 Å². The smallest absolute Gasteiger partial charge is 0.341 e. The molecule has 2 amide bonds. The van der Waals surface area contributed by atoms with Crippen LogP contribution in [-0.2, 0) is 34.2 Å². The largest absolute Gasteiger partial charge is 0.462 e. The third-order valence-corrected chi connectivity index (χ3v) is 8.87. The minimum Gasteiger partial charge on any atom is -0.462 e. The summed E-state index contributed by atoms with van der Waals surface area (Å²) in [6, 6.07) is 9.23. The Morgan fingerprint density at radius 1 is 1.27 bits per heavy atom. The molecule has 2 aromatic heterocycles. The number of carbonyl (C=O) groups is 3. The number of rotatable bonds is 7. The number of aliphatic imine (C=N–C) groups is 1. The molecule has 1 atom stereocenters. The van der Waals surface area contributed by atoms with E-state index in [-0.39, 0.29) is 29.9 Å². The number of carbonyl (C=O) groups excluding carboxylic acids is 3. The third kappa shape index (κ3) is 5.75. The number of hydrogen-bond acceptors (Lipinski definition) is 8. The molecule has 3 aromatic rings. The molecule has 0 saturated heterocycles. The van der Waals surface area contributed by atoms with Crippen LogP contribution >= 0.6 is 23.1 Å². The Hall–Kier alpha value is -3.70. The quantitative estimate of drug-likeness (QED) is 0.305. The predicted octanol–water partition coefficient (Wildman–Crippen LogP) is 5.21. The van der Waals surface area contributed by atoms with Crippen molar-refractivity contribution in [3.63, 3.8) is 0 Å². The zero-order chi connectivity index (χ0) is 28.4. The van der Waals surface area contributed by atoms with Gasteiger partial charge in [0.05, 0.1) is 29.3 Å². The highest BCUT2D eigenvalue weighted by Gasteiger charge is 2.33. The van der Waals surface area contributed by atoms with Crippen LogP contribution in [-0.4, -0.2) is 45.1 Å². The SMILES string of the molecule is CCOC(=O)c1c(NC(=O)CSC2=NC(=Cc3cn(C)nc3C)C(=O)N2c2ccccc2)sc2c1CCC(C)C2. The number of thiophene rings is 1. The van der Waals surface area contributed by atoms with E-state index in [4.69, 9.17) is 4.74 Å². The summed E-state index contributed by atoms with van der Waals surface area (Å²) in [7, 11) is 1.82. The van der Waals surface area contributed by atoms with E-state index in [0.717, 1.165) is 41.0 Å². The first-order valence-corrected chi connectivity index (χ1v) is 15.0. The van der Waals surface area contributed by atoms with E-state index in [1.807, 2.05) is 50.5 Å². The van der Waals surface area contributed by atoms with E-state index < -0.39 is 5.97 Å². The summed E-state index contributed by atoms with van der Waals surface area (Å²) in [6.45, 7) is 6.11. The number of ether oxygens (including phenoxy) is 1. The van der Waals surface area contributed by atoms with E-state index in [9.17, 15) is 14.4 Å². The van der Waals surface area contributed by atoms with Gasteiger partial charge >= 0.3 is 5.97 Å². The second-order valence-electron chi connectivity index (χ2n) is 9.86. The maximum absolute atomic E-state index is 13.4. The topological polar surface area (TPSA) is 106 Å². The number of aromatic nitrogens is 2. The Balaban J connectivity index is 1.38. The highest BCUT2D eigenvalue weighted by Crippen LogP contribution is 2.40. The second kappa shape index (κ2) is 11.8. The van der Waals surface area contributed by atoms with Crippen LogP contribution in [0.2, 0.25) is 0 Å². The highest BCUT2D eigenvalue weighted by atomic mass is 32.2. The van der Waals surface area contributed by atoms with Gasteiger partial charge in [0.2, 0.25) is 5.91 Å². The zero-order valence-electron chi connectivity index (χ0n) is 22.9. The van der Waals surface area contributed by atoms with Gasteiger partial charge in [-0.05, 0) is 62.8 Å². The molecule has 3 heterocycles. The highest BCUT2D eigenvalue weighted by molar-refractivity contribution is 8.14. The Labute approximate surface area is 241 Å². The predicted molar refractivity (Wildman–Crippen MR) is 160 cm³/mol.